The number of hydrogen-bond acceptors (Lipinski definition) is 8. The highest BCUT2D eigenvalue weighted by Crippen LogP contribution is 2.28. The van der Waals surface area contributed by atoms with Gasteiger partial charge in [-0.25, -0.2) is 0 Å². The Labute approximate surface area is 172 Å². The maximum absolute atomic E-state index is 12.8. The molecule has 0 radical (unpaired) electrons. The molecule has 4 rings (SSSR count). The number of rotatable bonds is 3. The molecule has 0 aliphatic carbocycles. The fraction of sp³-hybridized carbons (Fsp3) is 0.400. The molecule has 0 bridgehead atoms. The molecule has 154 valence electrons. The largest absolute Gasteiger partial charge is 0.364 e. The summed E-state index contributed by atoms with van der Waals surface area (Å²) in [5.41, 5.74) is 2.26. The molecule has 10 heteroatoms. The number of nitriles is 1. The second-order valence-corrected chi connectivity index (χ2v) is 7.35. The number of benzene rings is 1. The van der Waals surface area contributed by atoms with Gasteiger partial charge in [0.05, 0.1) is 23.9 Å². The number of ether oxygens (including phenoxy) is 1. The average molecular weight is 408 g/mol. The summed E-state index contributed by atoms with van der Waals surface area (Å²) >= 11 is 0. The van der Waals surface area contributed by atoms with Crippen LogP contribution in [0.1, 0.15) is 25.3 Å². The van der Waals surface area contributed by atoms with E-state index in [-0.39, 0.29) is 31.4 Å². The van der Waals surface area contributed by atoms with Crippen LogP contribution in [-0.2, 0) is 19.1 Å². The number of nitrogens with zero attached hydrogens (tertiary/aromatic N) is 4. The first-order chi connectivity index (χ1) is 14.5. The number of amides is 3. The quantitative estimate of drug-likeness (QED) is 0.678. The molecule has 2 N–H and O–H groups in total. The lowest BCUT2D eigenvalue weighted by Gasteiger charge is -2.38. The minimum atomic E-state index is -0.804. The number of fused-ring (bicyclic) bond motifs is 1. The number of imide groups is 1. The van der Waals surface area contributed by atoms with Gasteiger partial charge in [-0.3, -0.25) is 29.7 Å². The van der Waals surface area contributed by atoms with E-state index >= 15 is 0 Å². The molecule has 3 atom stereocenters. The van der Waals surface area contributed by atoms with Crippen LogP contribution in [0, 0.1) is 11.3 Å². The Bertz CT molecular complexity index is 1060. The Balaban J connectivity index is 1.55. The maximum Gasteiger partial charge on any atom is 0.251 e. The topological polar surface area (TPSA) is 137 Å². The number of carbonyl (C=O) groups excluding carboxylic acids is 3. The first-order valence-corrected chi connectivity index (χ1v) is 9.64. The van der Waals surface area contributed by atoms with Gasteiger partial charge in [-0.1, -0.05) is 0 Å². The van der Waals surface area contributed by atoms with Crippen molar-refractivity contribution in [3.05, 3.63) is 30.1 Å². The van der Waals surface area contributed by atoms with E-state index in [4.69, 9.17) is 4.74 Å². The van der Waals surface area contributed by atoms with Crippen LogP contribution < -0.4 is 15.5 Å². The summed E-state index contributed by atoms with van der Waals surface area (Å²) in [6.45, 7) is 2.64. The fourth-order valence-electron chi connectivity index (χ4n) is 3.78. The molecule has 0 spiro atoms. The van der Waals surface area contributed by atoms with Crippen LogP contribution in [0.15, 0.2) is 24.5 Å². The second-order valence-electron chi connectivity index (χ2n) is 7.35. The molecule has 30 heavy (non-hydrogen) atoms. The molecule has 2 saturated heterocycles. The van der Waals surface area contributed by atoms with E-state index < -0.39 is 24.0 Å². The van der Waals surface area contributed by atoms with Crippen molar-refractivity contribution in [2.24, 2.45) is 0 Å². The lowest BCUT2D eigenvalue weighted by molar-refractivity contribution is -0.143. The minimum Gasteiger partial charge on any atom is -0.364 e. The van der Waals surface area contributed by atoms with Crippen molar-refractivity contribution >= 4 is 34.4 Å². The summed E-state index contributed by atoms with van der Waals surface area (Å²) in [7, 11) is 0. The van der Waals surface area contributed by atoms with Gasteiger partial charge in [0.1, 0.15) is 23.1 Å². The monoisotopic (exact) mass is 408 g/mol. The molecule has 2 fully saturated rings. The first-order valence-electron chi connectivity index (χ1n) is 9.64. The highest BCUT2D eigenvalue weighted by Gasteiger charge is 2.35. The van der Waals surface area contributed by atoms with Crippen molar-refractivity contribution in [3.8, 4) is 6.07 Å². The summed E-state index contributed by atoms with van der Waals surface area (Å²) in [5.74, 6) is -1.26. The zero-order valence-corrected chi connectivity index (χ0v) is 16.3. The minimum absolute atomic E-state index is 0.181. The predicted molar refractivity (Wildman–Crippen MR) is 105 cm³/mol. The van der Waals surface area contributed by atoms with Gasteiger partial charge < -0.3 is 15.0 Å². The summed E-state index contributed by atoms with van der Waals surface area (Å²) < 4.78 is 5.81. The highest BCUT2D eigenvalue weighted by molar-refractivity contribution is 6.02. The van der Waals surface area contributed by atoms with Crippen molar-refractivity contribution in [2.75, 3.05) is 18.0 Å². The number of piperidine rings is 1. The molecular weight excluding hydrogens is 388 g/mol. The second kappa shape index (κ2) is 8.04. The van der Waals surface area contributed by atoms with Crippen LogP contribution in [-0.4, -0.2) is 59.0 Å². The number of aromatic nitrogens is 2. The Morgan fingerprint density at radius 1 is 1.27 bits per heavy atom. The summed E-state index contributed by atoms with van der Waals surface area (Å²) in [6.07, 6.45) is 2.48. The van der Waals surface area contributed by atoms with E-state index in [0.29, 0.717) is 23.1 Å². The van der Waals surface area contributed by atoms with Crippen molar-refractivity contribution in [1.29, 1.82) is 5.26 Å². The molecular formula is C20H20N6O4. The predicted octanol–water partition coefficient (Wildman–Crippen LogP) is 0.0166. The first kappa shape index (κ1) is 19.7. The maximum atomic E-state index is 12.8. The van der Waals surface area contributed by atoms with Gasteiger partial charge in [-0.2, -0.15) is 5.26 Å². The van der Waals surface area contributed by atoms with Crippen LogP contribution in [0.3, 0.4) is 0 Å². The molecule has 1 aromatic carbocycles. The molecule has 3 amide bonds. The fourth-order valence-corrected chi connectivity index (χ4v) is 3.78. The van der Waals surface area contributed by atoms with Gasteiger partial charge in [0, 0.05) is 25.4 Å². The zero-order chi connectivity index (χ0) is 21.3. The Kier molecular flexibility index (Phi) is 5.29. The molecule has 3 heterocycles. The molecule has 10 nitrogen and oxygen atoms in total. The van der Waals surface area contributed by atoms with Gasteiger partial charge in [0.2, 0.25) is 11.8 Å². The number of anilines is 1. The average Bonchev–Trinajstić information content (AvgIpc) is 2.74. The van der Waals surface area contributed by atoms with Gasteiger partial charge in [0.25, 0.3) is 5.91 Å². The van der Waals surface area contributed by atoms with Crippen LogP contribution in [0.4, 0.5) is 5.69 Å². The van der Waals surface area contributed by atoms with Gasteiger partial charge in [-0.15, -0.1) is 0 Å². The third-order valence-electron chi connectivity index (χ3n) is 5.17. The zero-order valence-electron chi connectivity index (χ0n) is 16.3. The third kappa shape index (κ3) is 3.79. The summed E-state index contributed by atoms with van der Waals surface area (Å²) in [5, 5.41) is 14.2. The standard InChI is InChI=1S/C20H20N6O4/c1-11-9-26(14-4-2-12(8-21)17-18(14)23-7-6-22-17)10-15(30-11)20(29)24-13-3-5-16(27)25-19(13)28/h2,4,6-7,11,13,15H,3,5,9-10H2,1H3,(H,24,29)(H,25,27,28). The van der Waals surface area contributed by atoms with E-state index in [9.17, 15) is 19.6 Å². The van der Waals surface area contributed by atoms with Crippen molar-refractivity contribution in [2.45, 2.75) is 38.0 Å². The van der Waals surface area contributed by atoms with Crippen molar-refractivity contribution in [3.63, 3.8) is 0 Å². The smallest absolute Gasteiger partial charge is 0.251 e. The summed E-state index contributed by atoms with van der Waals surface area (Å²) in [4.78, 5) is 46.7. The van der Waals surface area contributed by atoms with Crippen LogP contribution in [0.5, 0.6) is 0 Å². The molecule has 3 unspecified atom stereocenters. The van der Waals surface area contributed by atoms with Crippen molar-refractivity contribution < 1.29 is 19.1 Å². The van der Waals surface area contributed by atoms with E-state index in [2.05, 4.69) is 26.7 Å². The number of nitrogens with one attached hydrogen (secondary N) is 2. The molecule has 1 aromatic heterocycles. The van der Waals surface area contributed by atoms with Crippen molar-refractivity contribution in [1.82, 2.24) is 20.6 Å². The Morgan fingerprint density at radius 3 is 2.77 bits per heavy atom. The Hall–Kier alpha value is -3.58. The Morgan fingerprint density at radius 2 is 2.03 bits per heavy atom. The molecule has 2 aliphatic rings. The van der Waals surface area contributed by atoms with Crippen LogP contribution in [0.25, 0.3) is 11.0 Å². The lowest BCUT2D eigenvalue weighted by Crippen LogP contribution is -2.58. The van der Waals surface area contributed by atoms with Gasteiger partial charge in [0.15, 0.2) is 6.10 Å². The molecule has 2 aliphatic heterocycles. The SMILES string of the molecule is CC1CN(c2ccc(C#N)c3nccnc23)CC(C(=O)NC2CCC(=O)NC2=O)O1. The van der Waals surface area contributed by atoms with E-state index in [1.165, 1.54) is 6.20 Å². The molecule has 2 aromatic rings. The van der Waals surface area contributed by atoms with Gasteiger partial charge >= 0.3 is 0 Å². The van der Waals surface area contributed by atoms with E-state index in [0.717, 1.165) is 5.69 Å². The number of carbonyl (C=O) groups is 3. The molecule has 0 saturated carbocycles. The van der Waals surface area contributed by atoms with Crippen LogP contribution >= 0.6 is 0 Å². The summed E-state index contributed by atoms with van der Waals surface area (Å²) in [6, 6.07) is 4.84. The van der Waals surface area contributed by atoms with E-state index in [1.807, 2.05) is 11.8 Å². The highest BCUT2D eigenvalue weighted by atomic mass is 16.5. The van der Waals surface area contributed by atoms with Crippen LogP contribution in [0.2, 0.25) is 0 Å². The number of hydrogen-bond donors (Lipinski definition) is 2. The normalized spacial score (nSPS) is 24.3. The van der Waals surface area contributed by atoms with Gasteiger partial charge in [-0.05, 0) is 25.5 Å². The lowest BCUT2D eigenvalue weighted by atomic mass is 10.1. The number of morpholine rings is 1. The third-order valence-corrected chi connectivity index (χ3v) is 5.17. The van der Waals surface area contributed by atoms with E-state index in [1.54, 1.807) is 18.3 Å².